The maximum atomic E-state index is 12.5. The summed E-state index contributed by atoms with van der Waals surface area (Å²) < 4.78 is 47.8. The average Bonchev–Trinajstić information content (AvgIpc) is 2.59. The number of carbonyl (C=O) groups excluding carboxylic acids is 1. The highest BCUT2D eigenvalue weighted by atomic mass is 32.2. The zero-order valence-corrected chi connectivity index (χ0v) is 14.4. The van der Waals surface area contributed by atoms with Crippen LogP contribution in [0.15, 0.2) is 29.2 Å². The molecular formula is C16H22F2N2O3S. The summed E-state index contributed by atoms with van der Waals surface area (Å²) in [6.07, 6.45) is 2.95. The van der Waals surface area contributed by atoms with E-state index in [0.717, 1.165) is 37.9 Å². The zero-order chi connectivity index (χ0) is 17.7. The first-order valence-electron chi connectivity index (χ1n) is 7.92. The van der Waals surface area contributed by atoms with Crippen LogP contribution in [0.5, 0.6) is 0 Å². The predicted molar refractivity (Wildman–Crippen MR) is 86.8 cm³/mol. The SMILES string of the molecule is CNCCC1CCN(C(=O)c2ccc(S(=O)(=O)C(F)F)cc2)CC1. The van der Waals surface area contributed by atoms with E-state index in [-0.39, 0.29) is 5.91 Å². The molecule has 0 atom stereocenters. The van der Waals surface area contributed by atoms with Crippen molar-refractivity contribution in [2.24, 2.45) is 5.92 Å². The van der Waals surface area contributed by atoms with Gasteiger partial charge in [0.15, 0.2) is 0 Å². The summed E-state index contributed by atoms with van der Waals surface area (Å²) in [6, 6.07) is 4.72. The number of alkyl halides is 2. The molecule has 0 aromatic heterocycles. The number of nitrogens with one attached hydrogen (secondary N) is 1. The summed E-state index contributed by atoms with van der Waals surface area (Å²) in [5.74, 6) is -3.06. The van der Waals surface area contributed by atoms with Gasteiger partial charge >= 0.3 is 5.76 Å². The molecule has 1 aliphatic rings. The van der Waals surface area contributed by atoms with Crippen LogP contribution in [-0.4, -0.2) is 51.7 Å². The molecule has 134 valence electrons. The van der Waals surface area contributed by atoms with E-state index in [9.17, 15) is 22.0 Å². The number of sulfone groups is 1. The maximum Gasteiger partial charge on any atom is 0.341 e. The molecule has 1 fully saturated rings. The molecule has 0 unspecified atom stereocenters. The van der Waals surface area contributed by atoms with Gasteiger partial charge in [-0.15, -0.1) is 0 Å². The minimum Gasteiger partial charge on any atom is -0.339 e. The predicted octanol–water partition coefficient (Wildman–Crippen LogP) is 2.14. The second kappa shape index (κ2) is 8.02. The summed E-state index contributed by atoms with van der Waals surface area (Å²) in [6.45, 7) is 2.27. The number of benzene rings is 1. The van der Waals surface area contributed by atoms with E-state index in [1.807, 2.05) is 7.05 Å². The number of nitrogens with zero attached hydrogens (tertiary/aromatic N) is 1. The van der Waals surface area contributed by atoms with Crippen LogP contribution in [-0.2, 0) is 9.84 Å². The Morgan fingerprint density at radius 1 is 1.25 bits per heavy atom. The lowest BCUT2D eigenvalue weighted by Gasteiger charge is -2.32. The first kappa shape index (κ1) is 18.8. The Hall–Kier alpha value is -1.54. The molecule has 8 heteroatoms. The number of likely N-dealkylation sites (tertiary alicyclic amines) is 1. The lowest BCUT2D eigenvalue weighted by Crippen LogP contribution is -2.39. The Morgan fingerprint density at radius 2 is 1.83 bits per heavy atom. The minimum atomic E-state index is -4.62. The topological polar surface area (TPSA) is 66.5 Å². The van der Waals surface area contributed by atoms with E-state index in [2.05, 4.69) is 5.32 Å². The fourth-order valence-electron chi connectivity index (χ4n) is 2.85. The van der Waals surface area contributed by atoms with Crippen molar-refractivity contribution in [1.82, 2.24) is 10.2 Å². The lowest BCUT2D eigenvalue weighted by molar-refractivity contribution is 0.0687. The Kier molecular flexibility index (Phi) is 6.28. The van der Waals surface area contributed by atoms with Gasteiger partial charge in [0.05, 0.1) is 4.90 Å². The first-order chi connectivity index (χ1) is 11.4. The Morgan fingerprint density at radius 3 is 2.33 bits per heavy atom. The third-order valence-corrected chi connectivity index (χ3v) is 5.77. The monoisotopic (exact) mass is 360 g/mol. The molecule has 1 aromatic carbocycles. The van der Waals surface area contributed by atoms with Gasteiger partial charge in [0.2, 0.25) is 9.84 Å². The summed E-state index contributed by atoms with van der Waals surface area (Å²) in [4.78, 5) is 13.7. The highest BCUT2D eigenvalue weighted by Gasteiger charge is 2.27. The second-order valence-corrected chi connectivity index (χ2v) is 7.88. The number of halogens is 2. The van der Waals surface area contributed by atoms with Crippen LogP contribution < -0.4 is 5.32 Å². The van der Waals surface area contributed by atoms with Crippen LogP contribution >= 0.6 is 0 Å². The molecule has 1 aliphatic heterocycles. The third kappa shape index (κ3) is 4.30. The van der Waals surface area contributed by atoms with Crippen LogP contribution in [0.4, 0.5) is 8.78 Å². The van der Waals surface area contributed by atoms with Gasteiger partial charge in [-0.25, -0.2) is 8.42 Å². The van der Waals surface area contributed by atoms with Crippen molar-refractivity contribution in [3.8, 4) is 0 Å². The molecule has 24 heavy (non-hydrogen) atoms. The van der Waals surface area contributed by atoms with Gasteiger partial charge in [-0.2, -0.15) is 8.78 Å². The molecule has 1 N–H and O–H groups in total. The Labute approximate surface area is 141 Å². The number of piperidine rings is 1. The number of amides is 1. The van der Waals surface area contributed by atoms with Crippen molar-refractivity contribution in [2.45, 2.75) is 29.9 Å². The molecule has 5 nitrogen and oxygen atoms in total. The zero-order valence-electron chi connectivity index (χ0n) is 13.5. The quantitative estimate of drug-likeness (QED) is 0.844. The van der Waals surface area contributed by atoms with E-state index >= 15 is 0 Å². The summed E-state index contributed by atoms with van der Waals surface area (Å²) in [5, 5.41) is 3.12. The number of hydrogen-bond donors (Lipinski definition) is 1. The van der Waals surface area contributed by atoms with Crippen LogP contribution in [0.1, 0.15) is 29.6 Å². The van der Waals surface area contributed by atoms with Gasteiger partial charge < -0.3 is 10.2 Å². The van der Waals surface area contributed by atoms with Gasteiger partial charge in [0, 0.05) is 18.7 Å². The van der Waals surface area contributed by atoms with E-state index in [0.29, 0.717) is 24.6 Å². The second-order valence-electron chi connectivity index (χ2n) is 5.96. The van der Waals surface area contributed by atoms with Crippen LogP contribution in [0.2, 0.25) is 0 Å². The highest BCUT2D eigenvalue weighted by molar-refractivity contribution is 7.91. The Balaban J connectivity index is 1.99. The maximum absolute atomic E-state index is 12.5. The van der Waals surface area contributed by atoms with Gasteiger partial charge in [0.25, 0.3) is 5.91 Å². The van der Waals surface area contributed by atoms with Gasteiger partial charge in [0.1, 0.15) is 0 Å². The molecule has 0 spiro atoms. The molecular weight excluding hydrogens is 338 g/mol. The van der Waals surface area contributed by atoms with Gasteiger partial charge in [-0.05, 0) is 63.0 Å². The first-order valence-corrected chi connectivity index (χ1v) is 9.47. The summed E-state index contributed by atoms with van der Waals surface area (Å²) >= 11 is 0. The summed E-state index contributed by atoms with van der Waals surface area (Å²) in [5.41, 5.74) is 0.317. The van der Waals surface area contributed by atoms with Crippen molar-refractivity contribution >= 4 is 15.7 Å². The molecule has 1 saturated heterocycles. The molecule has 0 aliphatic carbocycles. The van der Waals surface area contributed by atoms with Crippen molar-refractivity contribution in [1.29, 1.82) is 0 Å². The number of rotatable bonds is 6. The molecule has 0 radical (unpaired) electrons. The van der Waals surface area contributed by atoms with Crippen molar-refractivity contribution in [2.75, 3.05) is 26.7 Å². The van der Waals surface area contributed by atoms with E-state index in [1.54, 1.807) is 4.90 Å². The molecule has 0 bridgehead atoms. The number of carbonyl (C=O) groups is 1. The largest absolute Gasteiger partial charge is 0.341 e. The van der Waals surface area contributed by atoms with Crippen molar-refractivity contribution < 1.29 is 22.0 Å². The van der Waals surface area contributed by atoms with Crippen molar-refractivity contribution in [3.63, 3.8) is 0 Å². The summed E-state index contributed by atoms with van der Waals surface area (Å²) in [7, 11) is -2.71. The van der Waals surface area contributed by atoms with E-state index in [4.69, 9.17) is 0 Å². The number of hydrogen-bond acceptors (Lipinski definition) is 4. The fraction of sp³-hybridized carbons (Fsp3) is 0.562. The van der Waals surface area contributed by atoms with Crippen LogP contribution in [0.3, 0.4) is 0 Å². The normalized spacial score (nSPS) is 16.6. The van der Waals surface area contributed by atoms with Gasteiger partial charge in [-0.1, -0.05) is 0 Å². The van der Waals surface area contributed by atoms with Gasteiger partial charge in [-0.3, -0.25) is 4.79 Å². The van der Waals surface area contributed by atoms with Crippen LogP contribution in [0, 0.1) is 5.92 Å². The fourth-order valence-corrected chi connectivity index (χ4v) is 3.57. The Bertz CT molecular complexity index is 654. The highest BCUT2D eigenvalue weighted by Crippen LogP contribution is 2.23. The van der Waals surface area contributed by atoms with E-state index in [1.165, 1.54) is 12.1 Å². The molecule has 1 amide bonds. The molecule has 1 heterocycles. The lowest BCUT2D eigenvalue weighted by atomic mass is 9.93. The standard InChI is InChI=1S/C16H22F2N2O3S/c1-19-9-6-12-7-10-20(11-8-12)15(21)13-2-4-14(5-3-13)24(22,23)16(17)18/h2-5,12,16,19H,6-11H2,1H3. The smallest absolute Gasteiger partial charge is 0.339 e. The average molecular weight is 360 g/mol. The molecule has 2 rings (SSSR count). The third-order valence-electron chi connectivity index (χ3n) is 4.37. The van der Waals surface area contributed by atoms with Crippen LogP contribution in [0.25, 0.3) is 0 Å². The minimum absolute atomic E-state index is 0.192. The molecule has 0 saturated carbocycles. The van der Waals surface area contributed by atoms with Crippen molar-refractivity contribution in [3.05, 3.63) is 29.8 Å². The molecule has 1 aromatic rings. The van der Waals surface area contributed by atoms with E-state index < -0.39 is 20.5 Å².